The number of aryl methyl sites for hydroxylation is 1. The molecule has 2 aromatic rings. The molecule has 1 aromatic heterocycles. The van der Waals surface area contributed by atoms with E-state index in [4.69, 9.17) is 4.42 Å². The lowest BCUT2D eigenvalue weighted by Crippen LogP contribution is -2.21. The molecule has 0 unspecified atom stereocenters. The number of nitrogens with zero attached hydrogens (tertiary/aromatic N) is 2. The summed E-state index contributed by atoms with van der Waals surface area (Å²) >= 11 is 0. The first-order chi connectivity index (χ1) is 11.5. The van der Waals surface area contributed by atoms with Gasteiger partial charge in [0.2, 0.25) is 0 Å². The highest BCUT2D eigenvalue weighted by molar-refractivity contribution is 5.90. The highest BCUT2D eigenvalue weighted by atomic mass is 16.4. The lowest BCUT2D eigenvalue weighted by molar-refractivity contribution is 0.111. The molecule has 130 valence electrons. The van der Waals surface area contributed by atoms with Crippen LogP contribution >= 0.6 is 0 Å². The third-order valence-corrected chi connectivity index (χ3v) is 4.32. The molecule has 0 atom stereocenters. The molecule has 1 aromatic carbocycles. The van der Waals surface area contributed by atoms with E-state index in [0.29, 0.717) is 18.3 Å². The van der Waals surface area contributed by atoms with Gasteiger partial charge in [-0.05, 0) is 65.0 Å². The zero-order valence-corrected chi connectivity index (χ0v) is 15.0. The number of carbonyl (C=O) groups is 1. The fraction of sp³-hybridized carbons (Fsp3) is 0.474. The van der Waals surface area contributed by atoms with Crippen LogP contribution in [0.25, 0.3) is 11.0 Å². The van der Waals surface area contributed by atoms with Crippen LogP contribution in [-0.2, 0) is 6.42 Å². The summed E-state index contributed by atoms with van der Waals surface area (Å²) in [7, 11) is 4.02. The Morgan fingerprint density at radius 3 is 2.46 bits per heavy atom. The summed E-state index contributed by atoms with van der Waals surface area (Å²) in [6, 6.07) is 5.89. The molecule has 0 saturated carbocycles. The molecule has 5 heteroatoms. The van der Waals surface area contributed by atoms with Crippen molar-refractivity contribution < 1.29 is 9.21 Å². The van der Waals surface area contributed by atoms with Crippen LogP contribution in [-0.4, -0.2) is 44.9 Å². The molecule has 5 nitrogen and oxygen atoms in total. The van der Waals surface area contributed by atoms with Gasteiger partial charge in [0, 0.05) is 30.2 Å². The summed E-state index contributed by atoms with van der Waals surface area (Å²) in [6.45, 7) is 6.85. The summed E-state index contributed by atoms with van der Waals surface area (Å²) in [5, 5.41) is 0.853. The highest BCUT2D eigenvalue weighted by Gasteiger charge is 2.15. The zero-order valence-electron chi connectivity index (χ0n) is 15.0. The first-order valence-corrected chi connectivity index (χ1v) is 8.46. The van der Waals surface area contributed by atoms with Crippen LogP contribution in [0.15, 0.2) is 27.4 Å². The maximum absolute atomic E-state index is 12.2. The van der Waals surface area contributed by atoms with Gasteiger partial charge in [0.1, 0.15) is 11.1 Å². The summed E-state index contributed by atoms with van der Waals surface area (Å²) < 4.78 is 5.41. The fourth-order valence-corrected chi connectivity index (χ4v) is 3.01. The van der Waals surface area contributed by atoms with Crippen LogP contribution in [0.4, 0.5) is 5.69 Å². The van der Waals surface area contributed by atoms with Crippen LogP contribution in [0.2, 0.25) is 0 Å². The lowest BCUT2D eigenvalue weighted by atomic mass is 10.00. The number of hydrogen-bond donors (Lipinski definition) is 0. The van der Waals surface area contributed by atoms with E-state index in [-0.39, 0.29) is 5.56 Å². The van der Waals surface area contributed by atoms with E-state index < -0.39 is 5.63 Å². The van der Waals surface area contributed by atoms with Crippen molar-refractivity contribution in [2.75, 3.05) is 38.6 Å². The van der Waals surface area contributed by atoms with Crippen molar-refractivity contribution in [3.8, 4) is 0 Å². The van der Waals surface area contributed by atoms with E-state index >= 15 is 0 Å². The summed E-state index contributed by atoms with van der Waals surface area (Å²) in [5.74, 6) is 0. The topological polar surface area (TPSA) is 53.8 Å². The van der Waals surface area contributed by atoms with Gasteiger partial charge in [-0.1, -0.05) is 0 Å². The Kier molecular flexibility index (Phi) is 6.15. The van der Waals surface area contributed by atoms with Crippen LogP contribution < -0.4 is 10.5 Å². The SMILES string of the molecule is CCN(CC)c1ccc2c(CCCN(C)C)c(C=O)c(=O)oc2c1. The molecule has 0 aliphatic heterocycles. The molecule has 0 aliphatic carbocycles. The van der Waals surface area contributed by atoms with Gasteiger partial charge in [-0.3, -0.25) is 4.79 Å². The minimum Gasteiger partial charge on any atom is -0.422 e. The summed E-state index contributed by atoms with van der Waals surface area (Å²) in [6.07, 6.45) is 2.18. The van der Waals surface area contributed by atoms with Gasteiger partial charge >= 0.3 is 5.63 Å². The predicted molar refractivity (Wildman–Crippen MR) is 98.3 cm³/mol. The molecule has 0 aliphatic rings. The Hall–Kier alpha value is -2.14. The van der Waals surface area contributed by atoms with E-state index in [9.17, 15) is 9.59 Å². The Morgan fingerprint density at radius 1 is 1.17 bits per heavy atom. The number of anilines is 1. The Balaban J connectivity index is 2.52. The molecular formula is C19H26N2O3. The minimum absolute atomic E-state index is 0.150. The van der Waals surface area contributed by atoms with E-state index in [0.717, 1.165) is 42.7 Å². The fourth-order valence-electron chi connectivity index (χ4n) is 3.01. The quantitative estimate of drug-likeness (QED) is 0.550. The average Bonchev–Trinajstić information content (AvgIpc) is 2.55. The molecular weight excluding hydrogens is 304 g/mol. The number of rotatable bonds is 8. The van der Waals surface area contributed by atoms with Gasteiger partial charge < -0.3 is 14.2 Å². The number of fused-ring (bicyclic) bond motifs is 1. The van der Waals surface area contributed by atoms with Gasteiger partial charge in [-0.25, -0.2) is 4.79 Å². The van der Waals surface area contributed by atoms with Crippen LogP contribution in [0.3, 0.4) is 0 Å². The van der Waals surface area contributed by atoms with Gasteiger partial charge in [-0.2, -0.15) is 0 Å². The second-order valence-electron chi connectivity index (χ2n) is 6.16. The van der Waals surface area contributed by atoms with Crippen LogP contribution in [0.5, 0.6) is 0 Å². The molecule has 0 fully saturated rings. The number of hydrogen-bond acceptors (Lipinski definition) is 5. The van der Waals surface area contributed by atoms with Gasteiger partial charge in [0.15, 0.2) is 6.29 Å². The molecule has 0 N–H and O–H groups in total. The van der Waals surface area contributed by atoms with Crippen molar-refractivity contribution in [2.45, 2.75) is 26.7 Å². The van der Waals surface area contributed by atoms with E-state index in [1.54, 1.807) is 0 Å². The van der Waals surface area contributed by atoms with Gasteiger partial charge in [0.05, 0.1) is 0 Å². The molecule has 0 amide bonds. The van der Waals surface area contributed by atoms with Gasteiger partial charge in [-0.15, -0.1) is 0 Å². The molecule has 0 bridgehead atoms. The second-order valence-corrected chi connectivity index (χ2v) is 6.16. The smallest absolute Gasteiger partial charge is 0.347 e. The van der Waals surface area contributed by atoms with Gasteiger partial charge in [0.25, 0.3) is 0 Å². The average molecular weight is 330 g/mol. The number of aldehydes is 1. The number of carbonyl (C=O) groups excluding carboxylic acids is 1. The van der Waals surface area contributed by atoms with Crippen LogP contribution in [0, 0.1) is 0 Å². The van der Waals surface area contributed by atoms with Crippen molar-refractivity contribution in [3.63, 3.8) is 0 Å². The lowest BCUT2D eigenvalue weighted by Gasteiger charge is -2.21. The van der Waals surface area contributed by atoms with Crippen molar-refractivity contribution >= 4 is 22.9 Å². The zero-order chi connectivity index (χ0) is 17.7. The Labute approximate surface area is 142 Å². The normalized spacial score (nSPS) is 11.2. The molecule has 24 heavy (non-hydrogen) atoms. The Bertz CT molecular complexity index is 761. The third-order valence-electron chi connectivity index (χ3n) is 4.32. The van der Waals surface area contributed by atoms with E-state index in [1.165, 1.54) is 0 Å². The van der Waals surface area contributed by atoms with Crippen molar-refractivity contribution in [2.24, 2.45) is 0 Å². The monoisotopic (exact) mass is 330 g/mol. The van der Waals surface area contributed by atoms with Crippen molar-refractivity contribution in [1.82, 2.24) is 4.90 Å². The maximum atomic E-state index is 12.2. The standard InChI is InChI=1S/C19H26N2O3/c1-5-21(6-2)14-9-10-16-15(8-7-11-20(3)4)17(13-22)19(23)24-18(16)12-14/h9-10,12-13H,5-8,11H2,1-4H3. The number of benzene rings is 1. The van der Waals surface area contributed by atoms with Crippen LogP contribution in [0.1, 0.15) is 36.2 Å². The minimum atomic E-state index is -0.547. The maximum Gasteiger partial charge on any atom is 0.347 e. The second kappa shape index (κ2) is 8.11. The molecule has 1 heterocycles. The molecule has 0 saturated heterocycles. The summed E-state index contributed by atoms with van der Waals surface area (Å²) in [5.41, 5.74) is 1.97. The predicted octanol–water partition coefficient (Wildman–Crippen LogP) is 2.95. The van der Waals surface area contributed by atoms with Crippen molar-refractivity contribution in [3.05, 3.63) is 39.7 Å². The molecule has 0 spiro atoms. The molecule has 2 rings (SSSR count). The first kappa shape index (κ1) is 18.2. The van der Waals surface area contributed by atoms with E-state index in [1.807, 2.05) is 32.3 Å². The largest absolute Gasteiger partial charge is 0.422 e. The van der Waals surface area contributed by atoms with E-state index in [2.05, 4.69) is 23.6 Å². The van der Waals surface area contributed by atoms with Crippen molar-refractivity contribution in [1.29, 1.82) is 0 Å². The molecule has 0 radical (unpaired) electrons. The summed E-state index contributed by atoms with van der Waals surface area (Å²) in [4.78, 5) is 27.8. The highest BCUT2D eigenvalue weighted by Crippen LogP contribution is 2.26. The first-order valence-electron chi connectivity index (χ1n) is 8.46. The Morgan fingerprint density at radius 2 is 1.88 bits per heavy atom. The third kappa shape index (κ3) is 3.85.